The molecule has 3 heteroatoms. The highest BCUT2D eigenvalue weighted by Gasteiger charge is 2.18. The number of nitrogens with zero attached hydrogens (tertiary/aromatic N) is 3. The quantitative estimate of drug-likeness (QED) is 0.802. The van der Waals surface area contributed by atoms with Crippen molar-refractivity contribution in [2.75, 3.05) is 11.9 Å². The van der Waals surface area contributed by atoms with Crippen LogP contribution in [0.25, 0.3) is 0 Å². The van der Waals surface area contributed by atoms with Crippen molar-refractivity contribution in [1.82, 2.24) is 4.98 Å². The SMILES string of the molecule is Cc1cc(N(C)C(C)C(C)C)c(C#N)c(C)n1. The minimum absolute atomic E-state index is 0.392. The molecule has 0 bridgehead atoms. The van der Waals surface area contributed by atoms with Gasteiger partial charge in [0, 0.05) is 18.8 Å². The summed E-state index contributed by atoms with van der Waals surface area (Å²) >= 11 is 0. The van der Waals surface area contributed by atoms with Crippen LogP contribution in [0.5, 0.6) is 0 Å². The molecule has 3 nitrogen and oxygen atoms in total. The predicted octanol–water partition coefficient (Wildman–Crippen LogP) is 3.05. The molecule has 92 valence electrons. The van der Waals surface area contributed by atoms with Gasteiger partial charge in [-0.15, -0.1) is 0 Å². The third kappa shape index (κ3) is 2.76. The Morgan fingerprint density at radius 2 is 1.88 bits per heavy atom. The van der Waals surface area contributed by atoms with Crippen LogP contribution in [0.1, 0.15) is 37.7 Å². The summed E-state index contributed by atoms with van der Waals surface area (Å²) in [6.45, 7) is 10.4. The number of rotatable bonds is 3. The maximum atomic E-state index is 9.24. The normalized spacial score (nSPS) is 12.4. The molecule has 0 aliphatic carbocycles. The largest absolute Gasteiger partial charge is 0.370 e. The van der Waals surface area contributed by atoms with Crippen LogP contribution in [-0.2, 0) is 0 Å². The van der Waals surface area contributed by atoms with Gasteiger partial charge in [-0.2, -0.15) is 5.26 Å². The molecule has 1 rings (SSSR count). The summed E-state index contributed by atoms with van der Waals surface area (Å²) in [5, 5.41) is 9.24. The van der Waals surface area contributed by atoms with Crippen molar-refractivity contribution in [1.29, 1.82) is 5.26 Å². The molecule has 0 aliphatic rings. The first-order valence-corrected chi connectivity index (χ1v) is 5.99. The zero-order valence-electron chi connectivity index (χ0n) is 11.6. The fourth-order valence-corrected chi connectivity index (χ4v) is 1.89. The number of aryl methyl sites for hydroxylation is 2. The van der Waals surface area contributed by atoms with Gasteiger partial charge in [0.05, 0.1) is 16.9 Å². The van der Waals surface area contributed by atoms with Crippen LogP contribution < -0.4 is 4.90 Å². The van der Waals surface area contributed by atoms with Gasteiger partial charge in [0.1, 0.15) is 6.07 Å². The van der Waals surface area contributed by atoms with Gasteiger partial charge in [0.2, 0.25) is 0 Å². The van der Waals surface area contributed by atoms with Crippen molar-refractivity contribution in [3.05, 3.63) is 23.0 Å². The van der Waals surface area contributed by atoms with E-state index in [1.807, 2.05) is 27.0 Å². The van der Waals surface area contributed by atoms with E-state index in [0.717, 1.165) is 17.1 Å². The highest BCUT2D eigenvalue weighted by molar-refractivity contribution is 5.61. The Hall–Kier alpha value is -1.56. The summed E-state index contributed by atoms with van der Waals surface area (Å²) in [6.07, 6.45) is 0. The summed E-state index contributed by atoms with van der Waals surface area (Å²) in [6, 6.07) is 4.64. The van der Waals surface area contributed by atoms with Gasteiger partial charge in [-0.1, -0.05) is 13.8 Å². The van der Waals surface area contributed by atoms with E-state index < -0.39 is 0 Å². The Bertz CT molecular complexity index is 444. The first kappa shape index (κ1) is 13.5. The average molecular weight is 231 g/mol. The van der Waals surface area contributed by atoms with Crippen molar-refractivity contribution >= 4 is 5.69 Å². The Morgan fingerprint density at radius 3 is 2.35 bits per heavy atom. The van der Waals surface area contributed by atoms with Crippen LogP contribution in [0.3, 0.4) is 0 Å². The maximum absolute atomic E-state index is 9.24. The third-order valence-corrected chi connectivity index (χ3v) is 3.38. The zero-order chi connectivity index (χ0) is 13.2. The van der Waals surface area contributed by atoms with Gasteiger partial charge in [-0.3, -0.25) is 4.98 Å². The lowest BCUT2D eigenvalue weighted by Crippen LogP contribution is -2.34. The van der Waals surface area contributed by atoms with E-state index in [1.165, 1.54) is 0 Å². The van der Waals surface area contributed by atoms with Crippen LogP contribution >= 0.6 is 0 Å². The van der Waals surface area contributed by atoms with Gasteiger partial charge in [0.25, 0.3) is 0 Å². The highest BCUT2D eigenvalue weighted by atomic mass is 15.1. The maximum Gasteiger partial charge on any atom is 0.103 e. The molecule has 0 fully saturated rings. The van der Waals surface area contributed by atoms with Crippen molar-refractivity contribution in [2.45, 2.75) is 40.7 Å². The number of pyridine rings is 1. The lowest BCUT2D eigenvalue weighted by atomic mass is 10.0. The molecule has 0 saturated heterocycles. The molecular formula is C14H21N3. The van der Waals surface area contributed by atoms with E-state index in [4.69, 9.17) is 0 Å². The van der Waals surface area contributed by atoms with Crippen LogP contribution in [0.2, 0.25) is 0 Å². The summed E-state index contributed by atoms with van der Waals surface area (Å²) in [4.78, 5) is 6.51. The topological polar surface area (TPSA) is 39.9 Å². The molecule has 1 atom stereocenters. The molecule has 1 unspecified atom stereocenters. The molecule has 0 N–H and O–H groups in total. The highest BCUT2D eigenvalue weighted by Crippen LogP contribution is 2.25. The molecule has 17 heavy (non-hydrogen) atoms. The summed E-state index contributed by atoms with van der Waals surface area (Å²) < 4.78 is 0. The van der Waals surface area contributed by atoms with Crippen LogP contribution in [0, 0.1) is 31.1 Å². The zero-order valence-corrected chi connectivity index (χ0v) is 11.6. The second-order valence-electron chi connectivity index (χ2n) is 4.95. The second-order valence-corrected chi connectivity index (χ2v) is 4.95. The van der Waals surface area contributed by atoms with Gasteiger partial charge in [-0.25, -0.2) is 0 Å². The summed E-state index contributed by atoms with van der Waals surface area (Å²) in [5.41, 5.74) is 3.44. The van der Waals surface area contributed by atoms with E-state index in [1.54, 1.807) is 0 Å². The average Bonchev–Trinajstić information content (AvgIpc) is 2.25. The minimum atomic E-state index is 0.392. The first-order chi connectivity index (χ1) is 7.88. The number of nitriles is 1. The lowest BCUT2D eigenvalue weighted by molar-refractivity contribution is 0.505. The monoisotopic (exact) mass is 231 g/mol. The molecule has 1 aromatic rings. The van der Waals surface area contributed by atoms with Crippen LogP contribution in [-0.4, -0.2) is 18.1 Å². The minimum Gasteiger partial charge on any atom is -0.370 e. The lowest BCUT2D eigenvalue weighted by Gasteiger charge is -2.31. The molecule has 0 amide bonds. The smallest absolute Gasteiger partial charge is 0.103 e. The molecule has 0 aliphatic heterocycles. The van der Waals surface area contributed by atoms with Crippen molar-refractivity contribution in [3.8, 4) is 6.07 Å². The number of anilines is 1. The number of aromatic nitrogens is 1. The predicted molar refractivity (Wildman–Crippen MR) is 71.1 cm³/mol. The third-order valence-electron chi connectivity index (χ3n) is 3.38. The fraction of sp³-hybridized carbons (Fsp3) is 0.571. The van der Waals surface area contributed by atoms with Gasteiger partial charge < -0.3 is 4.90 Å². The van der Waals surface area contributed by atoms with Crippen molar-refractivity contribution in [3.63, 3.8) is 0 Å². The fourth-order valence-electron chi connectivity index (χ4n) is 1.89. The molecule has 0 radical (unpaired) electrons. The van der Waals surface area contributed by atoms with E-state index in [9.17, 15) is 5.26 Å². The van der Waals surface area contributed by atoms with E-state index >= 15 is 0 Å². The van der Waals surface area contributed by atoms with Gasteiger partial charge in [0.15, 0.2) is 0 Å². The summed E-state index contributed by atoms with van der Waals surface area (Å²) in [7, 11) is 2.04. The molecule has 0 spiro atoms. The standard InChI is InChI=1S/C14H21N3/c1-9(2)12(5)17(6)14-7-10(3)16-11(4)13(14)8-15/h7,9,12H,1-6H3. The Labute approximate surface area is 104 Å². The van der Waals surface area contributed by atoms with Crippen LogP contribution in [0.15, 0.2) is 6.07 Å². The first-order valence-electron chi connectivity index (χ1n) is 5.99. The molecule has 0 saturated carbocycles. The molecule has 1 aromatic heterocycles. The second kappa shape index (κ2) is 5.18. The molecule has 0 aromatic carbocycles. The van der Waals surface area contributed by atoms with E-state index in [-0.39, 0.29) is 0 Å². The Balaban J connectivity index is 3.26. The Kier molecular flexibility index (Phi) is 4.11. The van der Waals surface area contributed by atoms with Crippen molar-refractivity contribution in [2.24, 2.45) is 5.92 Å². The van der Waals surface area contributed by atoms with E-state index in [0.29, 0.717) is 17.5 Å². The van der Waals surface area contributed by atoms with Gasteiger partial charge >= 0.3 is 0 Å². The molecule has 1 heterocycles. The molecular weight excluding hydrogens is 210 g/mol. The van der Waals surface area contributed by atoms with Gasteiger partial charge in [-0.05, 0) is 32.8 Å². The summed E-state index contributed by atoms with van der Waals surface area (Å²) in [5.74, 6) is 0.542. The Morgan fingerprint density at radius 1 is 1.29 bits per heavy atom. The number of hydrogen-bond acceptors (Lipinski definition) is 3. The van der Waals surface area contributed by atoms with Crippen molar-refractivity contribution < 1.29 is 0 Å². The number of hydrogen-bond donors (Lipinski definition) is 0. The van der Waals surface area contributed by atoms with E-state index in [2.05, 4.69) is 36.7 Å². The van der Waals surface area contributed by atoms with Crippen LogP contribution in [0.4, 0.5) is 5.69 Å².